The molecule has 1 aromatic carbocycles. The predicted molar refractivity (Wildman–Crippen MR) is 91.3 cm³/mol. The zero-order valence-corrected chi connectivity index (χ0v) is 14.1. The molecule has 2 amide bonds. The van der Waals surface area contributed by atoms with E-state index in [1.807, 2.05) is 37.4 Å². The largest absolute Gasteiger partial charge is 0.467 e. The zero-order chi connectivity index (χ0) is 16.7. The molecule has 0 aliphatic rings. The van der Waals surface area contributed by atoms with Gasteiger partial charge in [-0.2, -0.15) is 0 Å². The monoisotopic (exact) mass is 334 g/mol. The lowest BCUT2D eigenvalue weighted by Gasteiger charge is -2.17. The maximum absolute atomic E-state index is 11.9. The summed E-state index contributed by atoms with van der Waals surface area (Å²) in [4.78, 5) is 13.1. The van der Waals surface area contributed by atoms with E-state index in [0.717, 1.165) is 5.56 Å². The summed E-state index contributed by atoms with van der Waals surface area (Å²) in [6, 6.07) is 11.1. The Labute approximate surface area is 140 Å². The van der Waals surface area contributed by atoms with Crippen LogP contribution in [0.25, 0.3) is 0 Å². The van der Waals surface area contributed by atoms with Crippen LogP contribution < -0.4 is 10.6 Å². The number of aliphatic hydroxyl groups excluding tert-OH is 1. The van der Waals surface area contributed by atoms with E-state index in [1.54, 1.807) is 23.9 Å². The van der Waals surface area contributed by atoms with Gasteiger partial charge in [0, 0.05) is 23.9 Å². The molecule has 1 heterocycles. The van der Waals surface area contributed by atoms with Crippen molar-refractivity contribution in [2.24, 2.45) is 0 Å². The lowest BCUT2D eigenvalue weighted by Crippen LogP contribution is -2.41. The Kier molecular flexibility index (Phi) is 6.55. The molecule has 2 atom stereocenters. The summed E-state index contributed by atoms with van der Waals surface area (Å²) < 4.78 is 5.15. The van der Waals surface area contributed by atoms with Crippen LogP contribution in [-0.4, -0.2) is 23.4 Å². The molecule has 3 N–H and O–H groups in total. The average Bonchev–Trinajstić information content (AvgIpc) is 3.08. The fourth-order valence-corrected chi connectivity index (χ4v) is 2.60. The lowest BCUT2D eigenvalue weighted by molar-refractivity contribution is 0.129. The summed E-state index contributed by atoms with van der Waals surface area (Å²) in [5, 5.41) is 15.6. The number of amides is 2. The maximum atomic E-state index is 11.9. The molecule has 1 aromatic heterocycles. The van der Waals surface area contributed by atoms with Gasteiger partial charge >= 0.3 is 6.03 Å². The topological polar surface area (TPSA) is 74.5 Å². The molecule has 0 aliphatic heterocycles. The summed E-state index contributed by atoms with van der Waals surface area (Å²) in [5.41, 5.74) is 1.04. The molecular formula is C17H22N2O3S. The van der Waals surface area contributed by atoms with Crippen LogP contribution >= 0.6 is 11.8 Å². The fraction of sp³-hybridized carbons (Fsp3) is 0.353. The second-order valence-corrected chi connectivity index (χ2v) is 6.22. The van der Waals surface area contributed by atoms with E-state index in [9.17, 15) is 9.90 Å². The highest BCUT2D eigenvalue weighted by Crippen LogP contribution is 2.18. The van der Waals surface area contributed by atoms with Crippen LogP contribution in [0.2, 0.25) is 0 Å². The smallest absolute Gasteiger partial charge is 0.315 e. The van der Waals surface area contributed by atoms with Crippen LogP contribution in [0.1, 0.15) is 30.8 Å². The standard InChI is InChI=1S/C17H22N2O3S/c1-12(10-15(20)16-4-3-9-22-16)19-17(21)18-11-13-5-7-14(23-2)8-6-13/h3-9,12,15,20H,10-11H2,1-2H3,(H2,18,19,21)/t12-,15+/m0/s1. The molecule has 2 aromatic rings. The van der Waals surface area contributed by atoms with Gasteiger partial charge in [0.25, 0.3) is 0 Å². The summed E-state index contributed by atoms with van der Waals surface area (Å²) in [7, 11) is 0. The van der Waals surface area contributed by atoms with Crippen molar-refractivity contribution >= 4 is 17.8 Å². The van der Waals surface area contributed by atoms with Gasteiger partial charge in [-0.15, -0.1) is 11.8 Å². The van der Waals surface area contributed by atoms with Gasteiger partial charge in [0.15, 0.2) is 0 Å². The van der Waals surface area contributed by atoms with Gasteiger partial charge in [0.1, 0.15) is 11.9 Å². The first-order valence-corrected chi connectivity index (χ1v) is 8.69. The fourth-order valence-electron chi connectivity index (χ4n) is 2.19. The van der Waals surface area contributed by atoms with E-state index in [-0.39, 0.29) is 12.1 Å². The molecule has 124 valence electrons. The molecule has 0 aliphatic carbocycles. The van der Waals surface area contributed by atoms with Crippen molar-refractivity contribution < 1.29 is 14.3 Å². The Morgan fingerprint density at radius 2 is 2.04 bits per heavy atom. The second kappa shape index (κ2) is 8.64. The van der Waals surface area contributed by atoms with Gasteiger partial charge in [0.05, 0.1) is 6.26 Å². The van der Waals surface area contributed by atoms with Crippen molar-refractivity contribution in [2.75, 3.05) is 6.26 Å². The Balaban J connectivity index is 1.73. The van der Waals surface area contributed by atoms with Gasteiger partial charge in [0.2, 0.25) is 0 Å². The van der Waals surface area contributed by atoms with Crippen molar-refractivity contribution in [3.63, 3.8) is 0 Å². The number of urea groups is 1. The van der Waals surface area contributed by atoms with E-state index in [4.69, 9.17) is 4.42 Å². The molecule has 0 radical (unpaired) electrons. The maximum Gasteiger partial charge on any atom is 0.315 e. The zero-order valence-electron chi connectivity index (χ0n) is 13.3. The SMILES string of the molecule is CSc1ccc(CNC(=O)N[C@@H](C)C[C@@H](O)c2ccco2)cc1. The highest BCUT2D eigenvalue weighted by atomic mass is 32.2. The van der Waals surface area contributed by atoms with Gasteiger partial charge in [-0.05, 0) is 43.0 Å². The number of hydrogen-bond acceptors (Lipinski definition) is 4. The molecule has 5 nitrogen and oxygen atoms in total. The van der Waals surface area contributed by atoms with E-state index in [2.05, 4.69) is 10.6 Å². The summed E-state index contributed by atoms with van der Waals surface area (Å²) in [6.07, 6.45) is 3.22. The number of rotatable bonds is 7. The highest BCUT2D eigenvalue weighted by molar-refractivity contribution is 7.98. The minimum atomic E-state index is -0.723. The second-order valence-electron chi connectivity index (χ2n) is 5.34. The van der Waals surface area contributed by atoms with Crippen molar-refractivity contribution in [1.82, 2.24) is 10.6 Å². The van der Waals surface area contributed by atoms with Crippen LogP contribution in [0.15, 0.2) is 52.0 Å². The Morgan fingerprint density at radius 3 is 2.65 bits per heavy atom. The lowest BCUT2D eigenvalue weighted by atomic mass is 10.1. The molecule has 23 heavy (non-hydrogen) atoms. The van der Waals surface area contributed by atoms with Crippen LogP contribution in [0.4, 0.5) is 4.79 Å². The summed E-state index contributed by atoms with van der Waals surface area (Å²) >= 11 is 1.68. The highest BCUT2D eigenvalue weighted by Gasteiger charge is 2.16. The number of nitrogens with one attached hydrogen (secondary N) is 2. The van der Waals surface area contributed by atoms with E-state index in [1.165, 1.54) is 11.2 Å². The number of aliphatic hydroxyl groups is 1. The van der Waals surface area contributed by atoms with Crippen LogP contribution in [-0.2, 0) is 6.54 Å². The number of thioether (sulfide) groups is 1. The van der Waals surface area contributed by atoms with Gasteiger partial charge in [-0.3, -0.25) is 0 Å². The van der Waals surface area contributed by atoms with Crippen molar-refractivity contribution in [1.29, 1.82) is 0 Å². The van der Waals surface area contributed by atoms with Crippen LogP contribution in [0.3, 0.4) is 0 Å². The predicted octanol–water partition coefficient (Wildman–Crippen LogP) is 3.31. The summed E-state index contributed by atoms with van der Waals surface area (Å²) in [6.45, 7) is 2.31. The van der Waals surface area contributed by atoms with Crippen LogP contribution in [0.5, 0.6) is 0 Å². The molecule has 0 bridgehead atoms. The first kappa shape index (κ1) is 17.4. The summed E-state index contributed by atoms with van der Waals surface area (Å²) in [5.74, 6) is 0.507. The molecule has 6 heteroatoms. The number of carbonyl (C=O) groups is 1. The Bertz CT molecular complexity index is 599. The Morgan fingerprint density at radius 1 is 1.30 bits per heavy atom. The molecule has 0 unspecified atom stereocenters. The van der Waals surface area contributed by atoms with Crippen molar-refractivity contribution in [2.45, 2.75) is 36.9 Å². The molecular weight excluding hydrogens is 312 g/mol. The van der Waals surface area contributed by atoms with Gasteiger partial charge < -0.3 is 20.2 Å². The van der Waals surface area contributed by atoms with Gasteiger partial charge in [-0.25, -0.2) is 4.79 Å². The quantitative estimate of drug-likeness (QED) is 0.679. The van der Waals surface area contributed by atoms with Crippen molar-refractivity contribution in [3.05, 3.63) is 54.0 Å². The van der Waals surface area contributed by atoms with Gasteiger partial charge in [-0.1, -0.05) is 12.1 Å². The van der Waals surface area contributed by atoms with E-state index in [0.29, 0.717) is 18.7 Å². The molecule has 0 spiro atoms. The number of benzene rings is 1. The number of furan rings is 1. The first-order valence-electron chi connectivity index (χ1n) is 7.47. The normalized spacial score (nSPS) is 13.3. The first-order chi connectivity index (χ1) is 11.1. The number of carbonyl (C=O) groups excluding carboxylic acids is 1. The van der Waals surface area contributed by atoms with E-state index >= 15 is 0 Å². The average molecular weight is 334 g/mol. The third-order valence-corrected chi connectivity index (χ3v) is 4.18. The van der Waals surface area contributed by atoms with Crippen LogP contribution in [0, 0.1) is 0 Å². The Hall–Kier alpha value is -1.92. The molecule has 0 fully saturated rings. The third-order valence-electron chi connectivity index (χ3n) is 3.44. The third kappa shape index (κ3) is 5.65. The molecule has 2 rings (SSSR count). The minimum Gasteiger partial charge on any atom is -0.467 e. The van der Waals surface area contributed by atoms with E-state index < -0.39 is 6.10 Å². The minimum absolute atomic E-state index is 0.172. The molecule has 0 saturated carbocycles. The van der Waals surface area contributed by atoms with Crippen molar-refractivity contribution in [3.8, 4) is 0 Å². The molecule has 0 saturated heterocycles. The number of hydrogen-bond donors (Lipinski definition) is 3.